The summed E-state index contributed by atoms with van der Waals surface area (Å²) >= 11 is 0. The lowest BCUT2D eigenvalue weighted by molar-refractivity contribution is -0.118. The van der Waals surface area contributed by atoms with Crippen molar-refractivity contribution in [3.8, 4) is 0 Å². The predicted molar refractivity (Wildman–Crippen MR) is 95.2 cm³/mol. The van der Waals surface area contributed by atoms with Gasteiger partial charge >= 0.3 is 6.03 Å². The van der Waals surface area contributed by atoms with Crippen molar-refractivity contribution in [1.29, 1.82) is 0 Å². The largest absolute Gasteiger partial charge is 0.326 e. The molecule has 3 amide bonds. The highest BCUT2D eigenvalue weighted by molar-refractivity contribution is 6.02. The smallest absolute Gasteiger partial charge is 0.319 e. The first-order chi connectivity index (χ1) is 11.9. The Labute approximate surface area is 145 Å². The lowest BCUT2D eigenvalue weighted by atomic mass is 10.1. The average molecular weight is 341 g/mol. The fraction of sp³-hybridized carbons (Fsp3) is 0.263. The molecule has 1 aliphatic rings. The van der Waals surface area contributed by atoms with Gasteiger partial charge in [-0.05, 0) is 67.8 Å². The van der Waals surface area contributed by atoms with E-state index in [1.54, 1.807) is 17.0 Å². The Bertz CT molecular complexity index is 805. The van der Waals surface area contributed by atoms with Gasteiger partial charge in [-0.15, -0.1) is 0 Å². The number of carbonyl (C=O) groups is 2. The van der Waals surface area contributed by atoms with E-state index in [-0.39, 0.29) is 11.7 Å². The van der Waals surface area contributed by atoms with Crippen LogP contribution in [0.1, 0.15) is 17.5 Å². The highest BCUT2D eigenvalue weighted by Crippen LogP contribution is 2.22. The Morgan fingerprint density at radius 3 is 2.52 bits per heavy atom. The van der Waals surface area contributed by atoms with Crippen LogP contribution in [0.5, 0.6) is 0 Å². The molecular formula is C19H20FN3O2. The molecule has 130 valence electrons. The fourth-order valence-corrected chi connectivity index (χ4v) is 2.84. The molecule has 0 aromatic heterocycles. The second kappa shape index (κ2) is 6.93. The average Bonchev–Trinajstić information content (AvgIpc) is 2.93. The Balaban J connectivity index is 1.61. The molecule has 1 fully saturated rings. The molecule has 2 aromatic rings. The van der Waals surface area contributed by atoms with E-state index in [0.717, 1.165) is 11.1 Å². The molecule has 0 saturated carbocycles. The molecule has 0 radical (unpaired) electrons. The molecule has 0 aliphatic carbocycles. The molecule has 1 saturated heterocycles. The third-order valence-electron chi connectivity index (χ3n) is 4.41. The molecule has 0 spiro atoms. The molecule has 1 atom stereocenters. The maximum Gasteiger partial charge on any atom is 0.319 e. The van der Waals surface area contributed by atoms with E-state index in [1.165, 1.54) is 12.1 Å². The quantitative estimate of drug-likeness (QED) is 0.899. The van der Waals surface area contributed by atoms with E-state index in [2.05, 4.69) is 10.6 Å². The number of carbonyl (C=O) groups excluding carboxylic acids is 2. The maximum absolute atomic E-state index is 13.0. The number of nitrogens with one attached hydrogen (secondary N) is 2. The van der Waals surface area contributed by atoms with Crippen LogP contribution in [0.15, 0.2) is 42.5 Å². The third kappa shape index (κ3) is 3.79. The second-order valence-corrected chi connectivity index (χ2v) is 6.21. The number of amides is 3. The van der Waals surface area contributed by atoms with E-state index >= 15 is 0 Å². The summed E-state index contributed by atoms with van der Waals surface area (Å²) in [4.78, 5) is 26.2. The molecular weight excluding hydrogens is 321 g/mol. The Kier molecular flexibility index (Phi) is 4.70. The minimum Gasteiger partial charge on any atom is -0.326 e. The molecule has 0 bridgehead atoms. The zero-order valence-electron chi connectivity index (χ0n) is 14.2. The van der Waals surface area contributed by atoms with Crippen molar-refractivity contribution in [2.24, 2.45) is 0 Å². The highest BCUT2D eigenvalue weighted by Gasteiger charge is 2.33. The number of urea groups is 1. The topological polar surface area (TPSA) is 61.4 Å². The van der Waals surface area contributed by atoms with Gasteiger partial charge in [-0.25, -0.2) is 9.18 Å². The van der Waals surface area contributed by atoms with Gasteiger partial charge in [-0.2, -0.15) is 0 Å². The number of anilines is 2. The van der Waals surface area contributed by atoms with Crippen LogP contribution in [-0.2, 0) is 4.79 Å². The highest BCUT2D eigenvalue weighted by atomic mass is 19.1. The number of nitrogens with zero attached hydrogens (tertiary/aromatic N) is 1. The Hall–Kier alpha value is -2.89. The summed E-state index contributed by atoms with van der Waals surface area (Å²) in [6, 6.07) is 10.4. The van der Waals surface area contributed by atoms with Crippen molar-refractivity contribution in [2.75, 3.05) is 16.8 Å². The first-order valence-corrected chi connectivity index (χ1v) is 8.16. The monoisotopic (exact) mass is 341 g/mol. The van der Waals surface area contributed by atoms with Crippen molar-refractivity contribution in [3.05, 3.63) is 59.4 Å². The van der Waals surface area contributed by atoms with Crippen LogP contribution in [0, 0.1) is 19.7 Å². The Morgan fingerprint density at radius 1 is 1.12 bits per heavy atom. The molecule has 2 aromatic carbocycles. The van der Waals surface area contributed by atoms with Gasteiger partial charge in [0.25, 0.3) is 0 Å². The molecule has 1 heterocycles. The number of hydrogen-bond acceptors (Lipinski definition) is 2. The standard InChI is InChI=1S/C19H20FN3O2/c1-12-3-6-15(11-13(12)2)21-19(25)22-17-9-10-23(18(17)24)16-7-4-14(20)5-8-16/h3-8,11,17H,9-10H2,1-2H3,(H2,21,22,25)/t17-/m0/s1. The van der Waals surface area contributed by atoms with Gasteiger partial charge in [0.15, 0.2) is 0 Å². The van der Waals surface area contributed by atoms with Crippen LogP contribution in [0.3, 0.4) is 0 Å². The fourth-order valence-electron chi connectivity index (χ4n) is 2.84. The zero-order chi connectivity index (χ0) is 18.0. The van der Waals surface area contributed by atoms with Gasteiger partial charge in [0.05, 0.1) is 0 Å². The van der Waals surface area contributed by atoms with Gasteiger partial charge in [-0.3, -0.25) is 4.79 Å². The minimum absolute atomic E-state index is 0.193. The van der Waals surface area contributed by atoms with Gasteiger partial charge < -0.3 is 15.5 Å². The van der Waals surface area contributed by atoms with Crippen molar-refractivity contribution in [3.63, 3.8) is 0 Å². The van der Waals surface area contributed by atoms with E-state index in [9.17, 15) is 14.0 Å². The molecule has 6 heteroatoms. The van der Waals surface area contributed by atoms with Crippen molar-refractivity contribution < 1.29 is 14.0 Å². The molecule has 3 rings (SSSR count). The first kappa shape index (κ1) is 17.0. The molecule has 2 N–H and O–H groups in total. The van der Waals surface area contributed by atoms with Crippen LogP contribution in [-0.4, -0.2) is 24.5 Å². The van der Waals surface area contributed by atoms with E-state index in [0.29, 0.717) is 24.3 Å². The van der Waals surface area contributed by atoms with Crippen LogP contribution in [0.4, 0.5) is 20.6 Å². The van der Waals surface area contributed by atoms with E-state index in [1.807, 2.05) is 32.0 Å². The molecule has 5 nitrogen and oxygen atoms in total. The minimum atomic E-state index is -0.586. The normalized spacial score (nSPS) is 16.8. The molecule has 0 unspecified atom stereocenters. The van der Waals surface area contributed by atoms with Crippen LogP contribution >= 0.6 is 0 Å². The van der Waals surface area contributed by atoms with Gasteiger partial charge in [0.2, 0.25) is 5.91 Å². The van der Waals surface area contributed by atoms with Crippen molar-refractivity contribution >= 4 is 23.3 Å². The Morgan fingerprint density at radius 2 is 1.84 bits per heavy atom. The van der Waals surface area contributed by atoms with Crippen LogP contribution in [0.25, 0.3) is 0 Å². The SMILES string of the molecule is Cc1ccc(NC(=O)N[C@H]2CCN(c3ccc(F)cc3)C2=O)cc1C. The second-order valence-electron chi connectivity index (χ2n) is 6.21. The third-order valence-corrected chi connectivity index (χ3v) is 4.41. The predicted octanol–water partition coefficient (Wildman–Crippen LogP) is 3.37. The van der Waals surface area contributed by atoms with E-state index < -0.39 is 12.1 Å². The summed E-state index contributed by atoms with van der Waals surface area (Å²) in [6.07, 6.45) is 0.510. The summed E-state index contributed by atoms with van der Waals surface area (Å²) < 4.78 is 13.0. The summed E-state index contributed by atoms with van der Waals surface area (Å²) in [5.74, 6) is -0.542. The number of hydrogen-bond donors (Lipinski definition) is 2. The summed E-state index contributed by atoms with van der Waals surface area (Å²) in [5.41, 5.74) is 3.54. The number of benzene rings is 2. The van der Waals surface area contributed by atoms with Crippen molar-refractivity contribution in [2.45, 2.75) is 26.3 Å². The van der Waals surface area contributed by atoms with Gasteiger partial charge in [0, 0.05) is 17.9 Å². The first-order valence-electron chi connectivity index (χ1n) is 8.16. The summed E-state index contributed by atoms with van der Waals surface area (Å²) in [7, 11) is 0. The van der Waals surface area contributed by atoms with Crippen LogP contribution < -0.4 is 15.5 Å². The molecule has 1 aliphatic heterocycles. The van der Waals surface area contributed by atoms with Gasteiger partial charge in [0.1, 0.15) is 11.9 Å². The van der Waals surface area contributed by atoms with Crippen molar-refractivity contribution in [1.82, 2.24) is 5.32 Å². The maximum atomic E-state index is 13.0. The van der Waals surface area contributed by atoms with Crippen LogP contribution in [0.2, 0.25) is 0 Å². The number of aryl methyl sites for hydroxylation is 2. The number of halogens is 1. The zero-order valence-corrected chi connectivity index (χ0v) is 14.2. The summed E-state index contributed by atoms with van der Waals surface area (Å²) in [5, 5.41) is 5.46. The lowest BCUT2D eigenvalue weighted by Gasteiger charge is -2.17. The van der Waals surface area contributed by atoms with E-state index in [4.69, 9.17) is 0 Å². The lowest BCUT2D eigenvalue weighted by Crippen LogP contribution is -2.43. The molecule has 25 heavy (non-hydrogen) atoms. The number of rotatable bonds is 3. The van der Waals surface area contributed by atoms with Gasteiger partial charge in [-0.1, -0.05) is 6.07 Å². The summed E-state index contributed by atoms with van der Waals surface area (Å²) in [6.45, 7) is 4.46.